The van der Waals surface area contributed by atoms with E-state index < -0.39 is 24.3 Å². The number of alkyl halides is 4. The summed E-state index contributed by atoms with van der Waals surface area (Å²) in [5.74, 6) is 0. The van der Waals surface area contributed by atoms with Crippen LogP contribution in [0.15, 0.2) is 5.18 Å². The SMILES string of the molecule is CCCC(F)C(CCC)(N=O)C(F)(F)F. The maximum atomic E-state index is 13.4. The lowest BCUT2D eigenvalue weighted by Crippen LogP contribution is -2.50. The lowest BCUT2D eigenvalue weighted by Gasteiger charge is -2.31. The number of rotatable bonds is 6. The molecule has 0 aliphatic heterocycles. The lowest BCUT2D eigenvalue weighted by atomic mass is 9.86. The highest BCUT2D eigenvalue weighted by Gasteiger charge is 2.61. The van der Waals surface area contributed by atoms with E-state index in [0.29, 0.717) is 0 Å². The molecular formula is C9H15F4NO. The molecule has 2 atom stereocenters. The van der Waals surface area contributed by atoms with Gasteiger partial charge in [-0.05, 0) is 12.8 Å². The molecule has 6 heteroatoms. The second-order valence-electron chi connectivity index (χ2n) is 3.52. The quantitative estimate of drug-likeness (QED) is 0.500. The van der Waals surface area contributed by atoms with Crippen LogP contribution in [0.3, 0.4) is 0 Å². The highest BCUT2D eigenvalue weighted by Crippen LogP contribution is 2.42. The Morgan fingerprint density at radius 1 is 1.20 bits per heavy atom. The number of nitrogens with zero attached hydrogens (tertiary/aromatic N) is 1. The predicted octanol–water partition coefficient (Wildman–Crippen LogP) is 3.99. The molecule has 0 rings (SSSR count). The van der Waals surface area contributed by atoms with Crippen molar-refractivity contribution in [2.45, 2.75) is 57.4 Å². The summed E-state index contributed by atoms with van der Waals surface area (Å²) in [6, 6.07) is 0. The standard InChI is InChI=1S/C9H15F4NO/c1-3-5-7(10)8(14-15,6-4-2)9(11,12)13/h7H,3-6H2,1-2H3. The van der Waals surface area contributed by atoms with Gasteiger partial charge in [0, 0.05) is 0 Å². The third-order valence-electron chi connectivity index (χ3n) is 2.35. The number of hydrogen-bond acceptors (Lipinski definition) is 2. The fraction of sp³-hybridized carbons (Fsp3) is 1.00. The summed E-state index contributed by atoms with van der Waals surface area (Å²) >= 11 is 0. The fourth-order valence-electron chi connectivity index (χ4n) is 1.50. The summed E-state index contributed by atoms with van der Waals surface area (Å²) in [5, 5.41) is 2.05. The average Bonchev–Trinajstić information content (AvgIpc) is 2.12. The molecule has 0 fully saturated rings. The third kappa shape index (κ3) is 2.89. The van der Waals surface area contributed by atoms with E-state index in [0.717, 1.165) is 0 Å². The van der Waals surface area contributed by atoms with Crippen molar-refractivity contribution in [3.8, 4) is 0 Å². The van der Waals surface area contributed by atoms with E-state index in [1.54, 1.807) is 6.92 Å². The lowest BCUT2D eigenvalue weighted by molar-refractivity contribution is -0.205. The van der Waals surface area contributed by atoms with Crippen LogP contribution in [0.2, 0.25) is 0 Å². The Labute approximate surface area is 86.0 Å². The van der Waals surface area contributed by atoms with E-state index in [4.69, 9.17) is 0 Å². The molecule has 0 aliphatic rings. The van der Waals surface area contributed by atoms with Gasteiger partial charge in [-0.25, -0.2) is 4.39 Å². The van der Waals surface area contributed by atoms with E-state index >= 15 is 0 Å². The van der Waals surface area contributed by atoms with Gasteiger partial charge in [-0.1, -0.05) is 31.9 Å². The zero-order valence-corrected chi connectivity index (χ0v) is 8.77. The van der Waals surface area contributed by atoms with E-state index in [1.165, 1.54) is 6.92 Å². The Morgan fingerprint density at radius 3 is 2.00 bits per heavy atom. The van der Waals surface area contributed by atoms with Gasteiger partial charge < -0.3 is 0 Å². The third-order valence-corrected chi connectivity index (χ3v) is 2.35. The van der Waals surface area contributed by atoms with Crippen LogP contribution in [0.4, 0.5) is 17.6 Å². The predicted molar refractivity (Wildman–Crippen MR) is 49.3 cm³/mol. The number of nitroso groups, excluding NO2 is 1. The van der Waals surface area contributed by atoms with Gasteiger partial charge in [0.15, 0.2) is 0 Å². The van der Waals surface area contributed by atoms with Crippen LogP contribution in [0.5, 0.6) is 0 Å². The summed E-state index contributed by atoms with van der Waals surface area (Å²) in [4.78, 5) is 10.4. The molecule has 2 nitrogen and oxygen atoms in total. The molecule has 0 bridgehead atoms. The smallest absolute Gasteiger partial charge is 0.244 e. The molecular weight excluding hydrogens is 214 g/mol. The molecule has 0 aromatic rings. The van der Waals surface area contributed by atoms with E-state index in [2.05, 4.69) is 0 Å². The van der Waals surface area contributed by atoms with Crippen molar-refractivity contribution >= 4 is 0 Å². The molecule has 15 heavy (non-hydrogen) atoms. The van der Waals surface area contributed by atoms with Gasteiger partial charge >= 0.3 is 6.18 Å². The maximum Gasteiger partial charge on any atom is 0.419 e. The van der Waals surface area contributed by atoms with Crippen molar-refractivity contribution in [1.29, 1.82) is 0 Å². The summed E-state index contributed by atoms with van der Waals surface area (Å²) < 4.78 is 51.2. The van der Waals surface area contributed by atoms with Gasteiger partial charge in [-0.3, -0.25) is 0 Å². The van der Waals surface area contributed by atoms with Crippen LogP contribution >= 0.6 is 0 Å². The molecule has 0 aromatic heterocycles. The highest BCUT2D eigenvalue weighted by atomic mass is 19.4. The minimum atomic E-state index is -4.92. The zero-order chi connectivity index (χ0) is 12.1. The zero-order valence-electron chi connectivity index (χ0n) is 8.77. The van der Waals surface area contributed by atoms with E-state index in [-0.39, 0.29) is 19.3 Å². The van der Waals surface area contributed by atoms with E-state index in [1.807, 2.05) is 5.18 Å². The summed E-state index contributed by atoms with van der Waals surface area (Å²) in [5.41, 5.74) is -3.06. The first-order valence-electron chi connectivity index (χ1n) is 4.91. The topological polar surface area (TPSA) is 29.4 Å². The van der Waals surface area contributed by atoms with Crippen LogP contribution < -0.4 is 0 Å². The second kappa shape index (κ2) is 5.42. The molecule has 0 aliphatic carbocycles. The normalized spacial score (nSPS) is 18.3. The highest BCUT2D eigenvalue weighted by molar-refractivity contribution is 5.00. The van der Waals surface area contributed by atoms with Gasteiger partial charge in [0.1, 0.15) is 6.17 Å². The van der Waals surface area contributed by atoms with Crippen molar-refractivity contribution in [3.63, 3.8) is 0 Å². The van der Waals surface area contributed by atoms with Crippen LogP contribution in [0, 0.1) is 4.91 Å². The van der Waals surface area contributed by atoms with Crippen LogP contribution in [0.1, 0.15) is 39.5 Å². The van der Waals surface area contributed by atoms with Crippen molar-refractivity contribution < 1.29 is 17.6 Å². The van der Waals surface area contributed by atoms with Gasteiger partial charge in [-0.15, -0.1) is 4.91 Å². The van der Waals surface area contributed by atoms with Gasteiger partial charge in [0.05, 0.1) is 0 Å². The number of halogens is 4. The monoisotopic (exact) mass is 229 g/mol. The average molecular weight is 229 g/mol. The summed E-state index contributed by atoms with van der Waals surface area (Å²) in [7, 11) is 0. The first kappa shape index (κ1) is 14.3. The Morgan fingerprint density at radius 2 is 1.73 bits per heavy atom. The molecule has 0 spiro atoms. The molecule has 0 saturated heterocycles. The largest absolute Gasteiger partial charge is 0.419 e. The Hall–Kier alpha value is -0.680. The molecule has 0 N–H and O–H groups in total. The van der Waals surface area contributed by atoms with Crippen molar-refractivity contribution in [1.82, 2.24) is 0 Å². The molecule has 0 heterocycles. The van der Waals surface area contributed by atoms with E-state index in [9.17, 15) is 22.5 Å². The Balaban J connectivity index is 5.05. The fourth-order valence-corrected chi connectivity index (χ4v) is 1.50. The van der Waals surface area contributed by atoms with Crippen molar-refractivity contribution in [2.24, 2.45) is 5.18 Å². The first-order chi connectivity index (χ1) is 6.85. The molecule has 2 unspecified atom stereocenters. The maximum absolute atomic E-state index is 13.4. The van der Waals surface area contributed by atoms with Gasteiger partial charge in [0.2, 0.25) is 5.54 Å². The van der Waals surface area contributed by atoms with Crippen LogP contribution in [-0.4, -0.2) is 17.9 Å². The molecule has 0 aromatic carbocycles. The number of hydrogen-bond donors (Lipinski definition) is 0. The molecule has 0 radical (unpaired) electrons. The van der Waals surface area contributed by atoms with Gasteiger partial charge in [0.25, 0.3) is 0 Å². The minimum absolute atomic E-state index is 0.0649. The molecule has 0 amide bonds. The summed E-state index contributed by atoms with van der Waals surface area (Å²) in [6.45, 7) is 3.02. The molecule has 90 valence electrons. The first-order valence-corrected chi connectivity index (χ1v) is 4.91. The molecule has 0 saturated carbocycles. The van der Waals surface area contributed by atoms with Crippen LogP contribution in [0.25, 0.3) is 0 Å². The summed E-state index contributed by atoms with van der Waals surface area (Å²) in [6.07, 6.45) is -7.75. The minimum Gasteiger partial charge on any atom is -0.244 e. The van der Waals surface area contributed by atoms with Crippen molar-refractivity contribution in [3.05, 3.63) is 4.91 Å². The Bertz CT molecular complexity index is 207. The van der Waals surface area contributed by atoms with Gasteiger partial charge in [-0.2, -0.15) is 13.2 Å². The second-order valence-corrected chi connectivity index (χ2v) is 3.52. The van der Waals surface area contributed by atoms with Crippen LogP contribution in [-0.2, 0) is 0 Å². The van der Waals surface area contributed by atoms with Crippen molar-refractivity contribution in [2.75, 3.05) is 0 Å². The Kier molecular flexibility index (Phi) is 5.17.